The minimum Gasteiger partial charge on any atom is -0.490 e. The highest BCUT2D eigenvalue weighted by molar-refractivity contribution is 5.99. The summed E-state index contributed by atoms with van der Waals surface area (Å²) in [5.41, 5.74) is -0.121. The summed E-state index contributed by atoms with van der Waals surface area (Å²) in [5.74, 6) is -0.272. The molecular formula is C21H33NO5. The van der Waals surface area contributed by atoms with E-state index in [1.807, 2.05) is 27.7 Å². The number of hydrogen-bond acceptors (Lipinski definition) is 5. The van der Waals surface area contributed by atoms with Crippen molar-refractivity contribution in [1.82, 2.24) is 0 Å². The van der Waals surface area contributed by atoms with Gasteiger partial charge in [-0.05, 0) is 58.7 Å². The molecule has 1 aromatic carbocycles. The van der Waals surface area contributed by atoms with Crippen molar-refractivity contribution in [1.29, 1.82) is 0 Å². The predicted molar refractivity (Wildman–Crippen MR) is 106 cm³/mol. The highest BCUT2D eigenvalue weighted by atomic mass is 16.5. The summed E-state index contributed by atoms with van der Waals surface area (Å²) in [6, 6.07) is 4.99. The van der Waals surface area contributed by atoms with Gasteiger partial charge in [-0.3, -0.25) is 4.79 Å². The number of carbonyl (C=O) groups excluding carboxylic acids is 2. The van der Waals surface area contributed by atoms with Crippen LogP contribution in [-0.2, 0) is 14.3 Å². The standard InChI is InChI=1S/C21H33NO5/c1-7-13-21(6,26-10-4)20(24)22-16-11-12-18(27-15(5)8-2)17(14-16)19(23)25-9-3/h11-12,14-15H,7-10,13H2,1-6H3,(H,22,24)/t15-,21-/m0/s1. The van der Waals surface area contributed by atoms with E-state index in [1.54, 1.807) is 32.0 Å². The lowest BCUT2D eigenvalue weighted by Crippen LogP contribution is -2.42. The number of carbonyl (C=O) groups is 2. The van der Waals surface area contributed by atoms with E-state index in [1.165, 1.54) is 0 Å². The van der Waals surface area contributed by atoms with Gasteiger partial charge in [0.15, 0.2) is 0 Å². The minimum absolute atomic E-state index is 0.0376. The highest BCUT2D eigenvalue weighted by Gasteiger charge is 2.33. The van der Waals surface area contributed by atoms with Crippen molar-refractivity contribution in [3.63, 3.8) is 0 Å². The van der Waals surface area contributed by atoms with E-state index in [2.05, 4.69) is 5.32 Å². The molecule has 152 valence electrons. The second-order valence-electron chi connectivity index (χ2n) is 6.64. The lowest BCUT2D eigenvalue weighted by atomic mass is 9.99. The molecule has 0 aliphatic carbocycles. The van der Waals surface area contributed by atoms with Crippen molar-refractivity contribution in [3.8, 4) is 5.75 Å². The Kier molecular flexibility index (Phi) is 9.29. The van der Waals surface area contributed by atoms with E-state index in [0.29, 0.717) is 30.0 Å². The Morgan fingerprint density at radius 3 is 2.41 bits per heavy atom. The number of hydrogen-bond donors (Lipinski definition) is 1. The molecule has 0 aliphatic heterocycles. The maximum atomic E-state index is 12.7. The molecule has 6 nitrogen and oxygen atoms in total. The Labute approximate surface area is 162 Å². The maximum Gasteiger partial charge on any atom is 0.341 e. The maximum absolute atomic E-state index is 12.7. The molecule has 0 aromatic heterocycles. The van der Waals surface area contributed by atoms with Gasteiger partial charge in [-0.25, -0.2) is 4.79 Å². The summed E-state index contributed by atoms with van der Waals surface area (Å²) in [7, 11) is 0. The second kappa shape index (κ2) is 10.9. The van der Waals surface area contributed by atoms with Gasteiger partial charge in [0.25, 0.3) is 5.91 Å². The molecule has 0 heterocycles. The molecule has 6 heteroatoms. The Morgan fingerprint density at radius 1 is 1.15 bits per heavy atom. The van der Waals surface area contributed by atoms with Gasteiger partial charge in [0, 0.05) is 12.3 Å². The zero-order valence-corrected chi connectivity index (χ0v) is 17.4. The van der Waals surface area contributed by atoms with E-state index < -0.39 is 11.6 Å². The largest absolute Gasteiger partial charge is 0.490 e. The van der Waals surface area contributed by atoms with Gasteiger partial charge in [0.05, 0.1) is 12.7 Å². The van der Waals surface area contributed by atoms with E-state index in [4.69, 9.17) is 14.2 Å². The molecule has 0 fully saturated rings. The molecule has 0 aliphatic rings. The Hall–Kier alpha value is -2.08. The fourth-order valence-corrected chi connectivity index (χ4v) is 2.69. The molecule has 0 spiro atoms. The van der Waals surface area contributed by atoms with E-state index >= 15 is 0 Å². The van der Waals surface area contributed by atoms with Crippen molar-refractivity contribution in [2.75, 3.05) is 18.5 Å². The zero-order chi connectivity index (χ0) is 20.4. The van der Waals surface area contributed by atoms with Crippen LogP contribution in [-0.4, -0.2) is 36.8 Å². The summed E-state index contributed by atoms with van der Waals surface area (Å²) >= 11 is 0. The quantitative estimate of drug-likeness (QED) is 0.570. The van der Waals surface area contributed by atoms with E-state index in [9.17, 15) is 9.59 Å². The number of benzene rings is 1. The number of amides is 1. The molecule has 0 radical (unpaired) electrons. The number of anilines is 1. The predicted octanol–water partition coefficient (Wildman–Crippen LogP) is 4.57. The van der Waals surface area contributed by atoms with Crippen molar-refractivity contribution >= 4 is 17.6 Å². The third-order valence-corrected chi connectivity index (χ3v) is 4.31. The average Bonchev–Trinajstić information content (AvgIpc) is 2.63. The van der Waals surface area contributed by atoms with Crippen molar-refractivity contribution in [2.24, 2.45) is 0 Å². The fourth-order valence-electron chi connectivity index (χ4n) is 2.69. The van der Waals surface area contributed by atoms with Gasteiger partial charge in [-0.2, -0.15) is 0 Å². The van der Waals surface area contributed by atoms with Crippen LogP contribution in [0.25, 0.3) is 0 Å². The third kappa shape index (κ3) is 6.54. The first-order valence-corrected chi connectivity index (χ1v) is 9.74. The molecule has 2 atom stereocenters. The fraction of sp³-hybridized carbons (Fsp3) is 0.619. The Bertz CT molecular complexity index is 623. The highest BCUT2D eigenvalue weighted by Crippen LogP contribution is 2.27. The summed E-state index contributed by atoms with van der Waals surface area (Å²) in [6.07, 6.45) is 2.20. The molecule has 0 unspecified atom stereocenters. The molecule has 0 bridgehead atoms. The van der Waals surface area contributed by atoms with Crippen molar-refractivity contribution in [3.05, 3.63) is 23.8 Å². The molecule has 27 heavy (non-hydrogen) atoms. The van der Waals surface area contributed by atoms with Gasteiger partial charge in [0.2, 0.25) is 0 Å². The van der Waals surface area contributed by atoms with Gasteiger partial charge in [0.1, 0.15) is 16.9 Å². The Balaban J connectivity index is 3.12. The van der Waals surface area contributed by atoms with Gasteiger partial charge in [-0.1, -0.05) is 20.3 Å². The van der Waals surface area contributed by atoms with Crippen LogP contribution < -0.4 is 10.1 Å². The van der Waals surface area contributed by atoms with E-state index in [-0.39, 0.29) is 18.6 Å². The average molecular weight is 379 g/mol. The first kappa shape index (κ1) is 23.0. The summed E-state index contributed by atoms with van der Waals surface area (Å²) in [4.78, 5) is 25.1. The van der Waals surface area contributed by atoms with Crippen LogP contribution in [0.3, 0.4) is 0 Å². The van der Waals surface area contributed by atoms with Crippen LogP contribution in [0.15, 0.2) is 18.2 Å². The van der Waals surface area contributed by atoms with Crippen molar-refractivity contribution < 1.29 is 23.8 Å². The molecule has 0 saturated carbocycles. The van der Waals surface area contributed by atoms with Crippen LogP contribution in [0.2, 0.25) is 0 Å². The molecule has 1 amide bonds. The van der Waals surface area contributed by atoms with Crippen LogP contribution in [0, 0.1) is 0 Å². The second-order valence-corrected chi connectivity index (χ2v) is 6.64. The first-order valence-electron chi connectivity index (χ1n) is 9.74. The summed E-state index contributed by atoms with van der Waals surface area (Å²) < 4.78 is 16.6. The van der Waals surface area contributed by atoms with Crippen molar-refractivity contribution in [2.45, 2.75) is 72.5 Å². The van der Waals surface area contributed by atoms with E-state index in [0.717, 1.165) is 12.8 Å². The number of ether oxygens (including phenoxy) is 3. The van der Waals surface area contributed by atoms with Gasteiger partial charge in [-0.15, -0.1) is 0 Å². The molecule has 1 aromatic rings. The molecule has 1 rings (SSSR count). The normalized spacial score (nSPS) is 14.1. The number of esters is 1. The number of rotatable bonds is 11. The lowest BCUT2D eigenvalue weighted by Gasteiger charge is -2.28. The van der Waals surface area contributed by atoms with Gasteiger partial charge < -0.3 is 19.5 Å². The molecular weight excluding hydrogens is 346 g/mol. The number of nitrogens with one attached hydrogen (secondary N) is 1. The zero-order valence-electron chi connectivity index (χ0n) is 17.4. The monoisotopic (exact) mass is 379 g/mol. The topological polar surface area (TPSA) is 73.9 Å². The SMILES string of the molecule is CCC[C@](C)(OCC)C(=O)Nc1ccc(O[C@@H](C)CC)c(C(=O)OCC)c1. The summed E-state index contributed by atoms with van der Waals surface area (Å²) in [6.45, 7) is 12.0. The molecule has 0 saturated heterocycles. The minimum atomic E-state index is -0.917. The third-order valence-electron chi connectivity index (χ3n) is 4.31. The summed E-state index contributed by atoms with van der Waals surface area (Å²) in [5, 5.41) is 2.86. The Morgan fingerprint density at radius 2 is 1.85 bits per heavy atom. The van der Waals surface area contributed by atoms with Gasteiger partial charge >= 0.3 is 5.97 Å². The van der Waals surface area contributed by atoms with Crippen LogP contribution in [0.5, 0.6) is 5.75 Å². The molecule has 1 N–H and O–H groups in total. The first-order chi connectivity index (χ1) is 12.8. The van der Waals surface area contributed by atoms with Crippen LogP contribution in [0.1, 0.15) is 71.2 Å². The van der Waals surface area contributed by atoms with Crippen LogP contribution in [0.4, 0.5) is 5.69 Å². The lowest BCUT2D eigenvalue weighted by molar-refractivity contribution is -0.139. The smallest absolute Gasteiger partial charge is 0.341 e. The van der Waals surface area contributed by atoms with Crippen LogP contribution >= 0.6 is 0 Å².